The van der Waals surface area contributed by atoms with Crippen molar-refractivity contribution in [3.63, 3.8) is 0 Å². The van der Waals surface area contributed by atoms with Crippen molar-refractivity contribution in [3.05, 3.63) is 24.8 Å². The maximum atomic E-state index is 10.6. The number of piperidine rings is 1. The van der Waals surface area contributed by atoms with Gasteiger partial charge in [-0.2, -0.15) is 0 Å². The Hall–Kier alpha value is -1.99. The molecule has 0 saturated carbocycles. The van der Waals surface area contributed by atoms with Crippen molar-refractivity contribution < 1.29 is 5.11 Å². The molecular formula is C17H24N6O. The molecule has 128 valence electrons. The van der Waals surface area contributed by atoms with E-state index in [0.29, 0.717) is 13.1 Å². The van der Waals surface area contributed by atoms with Gasteiger partial charge in [-0.1, -0.05) is 0 Å². The summed E-state index contributed by atoms with van der Waals surface area (Å²) in [5.74, 6) is 1.61. The average molecular weight is 328 g/mol. The van der Waals surface area contributed by atoms with Crippen LogP contribution in [0.5, 0.6) is 0 Å². The van der Waals surface area contributed by atoms with Crippen LogP contribution in [0.15, 0.2) is 24.8 Å². The van der Waals surface area contributed by atoms with E-state index in [4.69, 9.17) is 0 Å². The molecule has 2 aliphatic rings. The van der Waals surface area contributed by atoms with Crippen molar-refractivity contribution >= 4 is 5.95 Å². The zero-order chi connectivity index (χ0) is 16.4. The fourth-order valence-corrected chi connectivity index (χ4v) is 3.57. The Balaban J connectivity index is 1.52. The predicted molar refractivity (Wildman–Crippen MR) is 91.8 cm³/mol. The van der Waals surface area contributed by atoms with Crippen LogP contribution in [0.1, 0.15) is 25.7 Å². The van der Waals surface area contributed by atoms with Crippen LogP contribution >= 0.6 is 0 Å². The van der Waals surface area contributed by atoms with Crippen LogP contribution in [0.4, 0.5) is 5.95 Å². The van der Waals surface area contributed by atoms with Crippen LogP contribution in [0.3, 0.4) is 0 Å². The van der Waals surface area contributed by atoms with Crippen LogP contribution in [0.2, 0.25) is 0 Å². The standard InChI is InChI=1S/C17H24N6O/c24-17(4-5-18-12-17)13-23-9-6-19-15(23)14-10-20-16(21-11-14)22-7-2-1-3-8-22/h6,9-11,18,24H,1-5,7-8,12-13H2. The quantitative estimate of drug-likeness (QED) is 0.873. The Kier molecular flexibility index (Phi) is 4.20. The van der Waals surface area contributed by atoms with E-state index in [-0.39, 0.29) is 0 Å². The zero-order valence-electron chi connectivity index (χ0n) is 13.9. The summed E-state index contributed by atoms with van der Waals surface area (Å²) < 4.78 is 1.99. The number of hydrogen-bond acceptors (Lipinski definition) is 6. The SMILES string of the molecule is OC1(Cn2ccnc2-c2cnc(N3CCCCC3)nc2)CCNC1. The number of nitrogens with one attached hydrogen (secondary N) is 1. The van der Waals surface area contributed by atoms with E-state index < -0.39 is 5.60 Å². The number of β-amino-alcohol motifs (C(OH)–C–C–N with tert-alkyl or cyclic N) is 1. The Morgan fingerprint density at radius 2 is 1.92 bits per heavy atom. The fourth-order valence-electron chi connectivity index (χ4n) is 3.57. The van der Waals surface area contributed by atoms with Crippen LogP contribution in [-0.2, 0) is 6.54 Å². The lowest BCUT2D eigenvalue weighted by molar-refractivity contribution is 0.0436. The first-order valence-electron chi connectivity index (χ1n) is 8.75. The van der Waals surface area contributed by atoms with Crippen molar-refractivity contribution in [3.8, 4) is 11.4 Å². The van der Waals surface area contributed by atoms with Gasteiger partial charge in [0.15, 0.2) is 0 Å². The van der Waals surface area contributed by atoms with E-state index in [9.17, 15) is 5.11 Å². The Labute approximate surface area is 141 Å². The number of aromatic nitrogens is 4. The van der Waals surface area contributed by atoms with Crippen LogP contribution in [0, 0.1) is 0 Å². The summed E-state index contributed by atoms with van der Waals surface area (Å²) in [5, 5.41) is 13.8. The molecule has 2 saturated heterocycles. The lowest BCUT2D eigenvalue weighted by Gasteiger charge is -2.26. The predicted octanol–water partition coefficient (Wildman–Crippen LogP) is 1.05. The maximum Gasteiger partial charge on any atom is 0.225 e. The monoisotopic (exact) mass is 328 g/mol. The van der Waals surface area contributed by atoms with E-state index in [1.165, 1.54) is 19.3 Å². The van der Waals surface area contributed by atoms with Crippen molar-refractivity contribution in [1.29, 1.82) is 0 Å². The molecule has 1 unspecified atom stereocenters. The lowest BCUT2D eigenvalue weighted by atomic mass is 10.0. The third-order valence-electron chi connectivity index (χ3n) is 4.94. The maximum absolute atomic E-state index is 10.6. The summed E-state index contributed by atoms with van der Waals surface area (Å²) in [5.41, 5.74) is 0.180. The van der Waals surface area contributed by atoms with E-state index in [1.807, 2.05) is 23.2 Å². The highest BCUT2D eigenvalue weighted by Crippen LogP contribution is 2.23. The minimum absolute atomic E-state index is 0.531. The second-order valence-corrected chi connectivity index (χ2v) is 6.85. The molecule has 0 radical (unpaired) electrons. The van der Waals surface area contributed by atoms with Crippen LogP contribution < -0.4 is 10.2 Å². The number of rotatable bonds is 4. The highest BCUT2D eigenvalue weighted by Gasteiger charge is 2.32. The van der Waals surface area contributed by atoms with Gasteiger partial charge in [-0.15, -0.1) is 0 Å². The van der Waals surface area contributed by atoms with Gasteiger partial charge in [0.05, 0.1) is 17.7 Å². The lowest BCUT2D eigenvalue weighted by Crippen LogP contribution is -2.36. The van der Waals surface area contributed by atoms with E-state index in [0.717, 1.165) is 43.4 Å². The number of imidazole rings is 1. The number of nitrogens with zero attached hydrogens (tertiary/aromatic N) is 5. The minimum Gasteiger partial charge on any atom is -0.387 e. The number of anilines is 1. The van der Waals surface area contributed by atoms with E-state index >= 15 is 0 Å². The van der Waals surface area contributed by atoms with Gasteiger partial charge in [-0.3, -0.25) is 0 Å². The van der Waals surface area contributed by atoms with Gasteiger partial charge in [0, 0.05) is 44.4 Å². The van der Waals surface area contributed by atoms with Crippen molar-refractivity contribution in [1.82, 2.24) is 24.8 Å². The topological polar surface area (TPSA) is 79.1 Å². The van der Waals surface area contributed by atoms with E-state index in [2.05, 4.69) is 25.2 Å². The molecule has 4 heterocycles. The first-order chi connectivity index (χ1) is 11.7. The molecule has 0 aliphatic carbocycles. The smallest absolute Gasteiger partial charge is 0.225 e. The first kappa shape index (κ1) is 15.5. The highest BCUT2D eigenvalue weighted by atomic mass is 16.3. The molecule has 4 rings (SSSR count). The van der Waals surface area contributed by atoms with Gasteiger partial charge in [0.2, 0.25) is 5.95 Å². The highest BCUT2D eigenvalue weighted by molar-refractivity contribution is 5.54. The molecule has 2 aliphatic heterocycles. The Morgan fingerprint density at radius 3 is 2.62 bits per heavy atom. The normalized spacial score (nSPS) is 24.5. The third-order valence-corrected chi connectivity index (χ3v) is 4.94. The molecular weight excluding hydrogens is 304 g/mol. The molecule has 1 atom stereocenters. The fraction of sp³-hybridized carbons (Fsp3) is 0.588. The van der Waals surface area contributed by atoms with E-state index in [1.54, 1.807) is 6.20 Å². The second-order valence-electron chi connectivity index (χ2n) is 6.85. The molecule has 0 bridgehead atoms. The molecule has 0 amide bonds. The van der Waals surface area contributed by atoms with Crippen LogP contribution in [-0.4, -0.2) is 56.4 Å². The molecule has 7 heteroatoms. The van der Waals surface area contributed by atoms with Gasteiger partial charge in [0.25, 0.3) is 0 Å². The summed E-state index contributed by atoms with van der Waals surface area (Å²) in [6, 6.07) is 0. The van der Waals surface area contributed by atoms with Crippen molar-refractivity contribution in [2.75, 3.05) is 31.1 Å². The minimum atomic E-state index is -0.704. The number of hydrogen-bond donors (Lipinski definition) is 2. The van der Waals surface area contributed by atoms with Gasteiger partial charge in [-0.25, -0.2) is 15.0 Å². The first-order valence-corrected chi connectivity index (χ1v) is 8.75. The largest absolute Gasteiger partial charge is 0.387 e. The summed E-state index contributed by atoms with van der Waals surface area (Å²) in [7, 11) is 0. The van der Waals surface area contributed by atoms with Gasteiger partial charge in [-0.05, 0) is 32.2 Å². The summed E-state index contributed by atoms with van der Waals surface area (Å²) in [6.07, 6.45) is 11.8. The Bertz CT molecular complexity index is 671. The number of aliphatic hydroxyl groups is 1. The Morgan fingerprint density at radius 1 is 1.12 bits per heavy atom. The zero-order valence-corrected chi connectivity index (χ0v) is 13.9. The van der Waals surface area contributed by atoms with Gasteiger partial charge >= 0.3 is 0 Å². The average Bonchev–Trinajstić information content (AvgIpc) is 3.25. The van der Waals surface area contributed by atoms with Crippen LogP contribution in [0.25, 0.3) is 11.4 Å². The molecule has 2 aromatic heterocycles. The van der Waals surface area contributed by atoms with Crippen molar-refractivity contribution in [2.45, 2.75) is 37.8 Å². The molecule has 24 heavy (non-hydrogen) atoms. The molecule has 2 aromatic rings. The molecule has 0 spiro atoms. The second kappa shape index (κ2) is 6.49. The van der Waals surface area contributed by atoms with Gasteiger partial charge < -0.3 is 19.9 Å². The molecule has 7 nitrogen and oxygen atoms in total. The summed E-state index contributed by atoms with van der Waals surface area (Å²) in [6.45, 7) is 4.08. The summed E-state index contributed by atoms with van der Waals surface area (Å²) >= 11 is 0. The molecule has 2 fully saturated rings. The summed E-state index contributed by atoms with van der Waals surface area (Å²) in [4.78, 5) is 15.8. The molecule has 2 N–H and O–H groups in total. The molecule has 0 aromatic carbocycles. The third kappa shape index (κ3) is 3.14. The van der Waals surface area contributed by atoms with Gasteiger partial charge in [0.1, 0.15) is 5.82 Å². The van der Waals surface area contributed by atoms with Crippen molar-refractivity contribution in [2.24, 2.45) is 0 Å².